The highest BCUT2D eigenvalue weighted by molar-refractivity contribution is 6.29. The summed E-state index contributed by atoms with van der Waals surface area (Å²) in [4.78, 5) is 0. The lowest BCUT2D eigenvalue weighted by molar-refractivity contribution is -0.643. The fourth-order valence-corrected chi connectivity index (χ4v) is 7.21. The number of aromatic nitrogens is 2. The van der Waals surface area contributed by atoms with E-state index < -0.39 is 0 Å². The van der Waals surface area contributed by atoms with Crippen LogP contribution < -0.4 is 4.57 Å². The molecule has 0 radical (unpaired) electrons. The minimum absolute atomic E-state index is 0.0201. The fourth-order valence-electron chi connectivity index (χ4n) is 7.21. The molecule has 0 fully saturated rings. The molecule has 39 heavy (non-hydrogen) atoms. The third kappa shape index (κ3) is 3.30. The third-order valence-electron chi connectivity index (χ3n) is 8.81. The molecule has 7 aromatic rings. The Hall–Kier alpha value is -3.65. The van der Waals surface area contributed by atoms with Gasteiger partial charge in [-0.2, -0.15) is 0 Å². The van der Waals surface area contributed by atoms with Gasteiger partial charge < -0.3 is 4.40 Å². The zero-order chi connectivity index (χ0) is 27.6. The normalized spacial score (nSPS) is 13.4. The molecule has 2 heteroatoms. The largest absolute Gasteiger partial charge is 0.307 e. The lowest BCUT2D eigenvalue weighted by Gasteiger charge is -2.25. The van der Waals surface area contributed by atoms with Gasteiger partial charge in [-0.3, -0.25) is 0 Å². The summed E-state index contributed by atoms with van der Waals surface area (Å²) in [6, 6.07) is 20.9. The van der Waals surface area contributed by atoms with Crippen LogP contribution in [0, 0.1) is 19.3 Å². The summed E-state index contributed by atoms with van der Waals surface area (Å²) in [5.74, 6) is 0. The van der Waals surface area contributed by atoms with Gasteiger partial charge in [0.1, 0.15) is 7.05 Å². The van der Waals surface area contributed by atoms with Crippen LogP contribution in [-0.2, 0) is 18.9 Å². The van der Waals surface area contributed by atoms with Crippen LogP contribution in [0.15, 0.2) is 60.8 Å². The lowest BCUT2D eigenvalue weighted by atomic mass is 9.81. The van der Waals surface area contributed by atoms with Gasteiger partial charge in [0.2, 0.25) is 5.52 Å². The van der Waals surface area contributed by atoms with Crippen LogP contribution in [0.4, 0.5) is 0 Å². The summed E-state index contributed by atoms with van der Waals surface area (Å²) in [6.07, 6.45) is 3.28. The molecule has 0 amide bonds. The molecule has 0 aliphatic heterocycles. The van der Waals surface area contributed by atoms with Crippen molar-refractivity contribution in [2.24, 2.45) is 12.5 Å². The van der Waals surface area contributed by atoms with E-state index in [-0.39, 0.29) is 10.8 Å². The standard InChI is InChI=1S/C37H39N2/c1-21-14-15-24-22(2)30-33(27(26(24)18-21)20-36(3,4)5)39-29-13-11-10-12-25(29)32-28(37(6,7)8)19-23-16-17-38(9)34(30)31(23)35(32)39/h10-19H,20H2,1-9H3/q+1. The Morgan fingerprint density at radius 3 is 2.21 bits per heavy atom. The Labute approximate surface area is 231 Å². The second-order valence-corrected chi connectivity index (χ2v) is 14.1. The third-order valence-corrected chi connectivity index (χ3v) is 8.81. The van der Waals surface area contributed by atoms with Gasteiger partial charge in [-0.25, -0.2) is 4.57 Å². The van der Waals surface area contributed by atoms with Crippen LogP contribution in [0.5, 0.6) is 0 Å². The van der Waals surface area contributed by atoms with Gasteiger partial charge in [-0.15, -0.1) is 0 Å². The maximum absolute atomic E-state index is 2.65. The summed E-state index contributed by atoms with van der Waals surface area (Å²) in [5.41, 5.74) is 11.2. The molecule has 3 heterocycles. The SMILES string of the molecule is Cc1ccc2c(C)c3c(c(CC(C)(C)C)c2c1)n1c2ccccc2c2c(C(C)(C)C)cc4cc[n+](C)c3c4c21. The van der Waals surface area contributed by atoms with Crippen molar-refractivity contribution in [2.45, 2.75) is 67.2 Å². The van der Waals surface area contributed by atoms with E-state index in [9.17, 15) is 0 Å². The average molecular weight is 512 g/mol. The van der Waals surface area contributed by atoms with E-state index in [2.05, 4.69) is 132 Å². The number of rotatable bonds is 1. The van der Waals surface area contributed by atoms with Crippen LogP contribution >= 0.6 is 0 Å². The average Bonchev–Trinajstić information content (AvgIpc) is 3.20. The Kier molecular flexibility index (Phi) is 4.83. The highest BCUT2D eigenvalue weighted by atomic mass is 15.0. The molecule has 196 valence electrons. The maximum Gasteiger partial charge on any atom is 0.224 e. The molecule has 0 saturated heterocycles. The van der Waals surface area contributed by atoms with Gasteiger partial charge in [0.25, 0.3) is 0 Å². The first-order valence-electron chi connectivity index (χ1n) is 14.3. The number of benzene rings is 4. The van der Waals surface area contributed by atoms with Gasteiger partial charge in [0.15, 0.2) is 6.20 Å². The van der Waals surface area contributed by atoms with Crippen LogP contribution in [0.2, 0.25) is 0 Å². The fraction of sp³-hybridized carbons (Fsp3) is 0.324. The van der Waals surface area contributed by atoms with E-state index in [1.165, 1.54) is 82.0 Å². The first-order chi connectivity index (χ1) is 18.4. The second-order valence-electron chi connectivity index (χ2n) is 14.1. The molecule has 7 rings (SSSR count). The molecule has 0 saturated carbocycles. The number of pyridine rings is 2. The highest BCUT2D eigenvalue weighted by Crippen LogP contribution is 2.47. The van der Waals surface area contributed by atoms with Gasteiger partial charge in [0, 0.05) is 16.8 Å². The van der Waals surface area contributed by atoms with Crippen LogP contribution in [-0.4, -0.2) is 4.40 Å². The zero-order valence-corrected chi connectivity index (χ0v) is 24.9. The monoisotopic (exact) mass is 511 g/mol. The van der Waals surface area contributed by atoms with Gasteiger partial charge in [-0.05, 0) is 76.1 Å². The first kappa shape index (κ1) is 24.4. The molecule has 0 aliphatic carbocycles. The van der Waals surface area contributed by atoms with E-state index in [4.69, 9.17) is 0 Å². The first-order valence-corrected chi connectivity index (χ1v) is 14.3. The summed E-state index contributed by atoms with van der Waals surface area (Å²) in [7, 11) is 2.22. The van der Waals surface area contributed by atoms with Crippen molar-refractivity contribution >= 4 is 59.8 Å². The zero-order valence-electron chi connectivity index (χ0n) is 24.9. The predicted molar refractivity (Wildman–Crippen MR) is 169 cm³/mol. The topological polar surface area (TPSA) is 8.29 Å². The molecule has 3 aromatic heterocycles. The molecular formula is C37H39N2+. The van der Waals surface area contributed by atoms with Crippen molar-refractivity contribution in [3.05, 3.63) is 83.0 Å². The maximum atomic E-state index is 2.65. The second kappa shape index (κ2) is 7.72. The van der Waals surface area contributed by atoms with Crippen molar-refractivity contribution < 1.29 is 4.57 Å². The molecular weight excluding hydrogens is 472 g/mol. The Balaban J connectivity index is 1.95. The molecule has 0 spiro atoms. The van der Waals surface area contributed by atoms with E-state index in [0.29, 0.717) is 0 Å². The molecule has 0 N–H and O–H groups in total. The molecule has 0 unspecified atom stereocenters. The summed E-state index contributed by atoms with van der Waals surface area (Å²) < 4.78 is 5.02. The predicted octanol–water partition coefficient (Wildman–Crippen LogP) is 9.47. The van der Waals surface area contributed by atoms with Crippen molar-refractivity contribution in [1.82, 2.24) is 4.40 Å². The Morgan fingerprint density at radius 2 is 1.49 bits per heavy atom. The molecule has 0 aliphatic rings. The number of nitrogens with zero attached hydrogens (tertiary/aromatic N) is 2. The quantitative estimate of drug-likeness (QED) is 0.118. The van der Waals surface area contributed by atoms with Crippen LogP contribution in [0.1, 0.15) is 63.8 Å². The van der Waals surface area contributed by atoms with Gasteiger partial charge in [0.05, 0.1) is 27.3 Å². The number of hydrogen-bond donors (Lipinski definition) is 0. The number of aryl methyl sites for hydroxylation is 3. The molecule has 0 atom stereocenters. The highest BCUT2D eigenvalue weighted by Gasteiger charge is 2.31. The van der Waals surface area contributed by atoms with Gasteiger partial charge in [-0.1, -0.05) is 83.5 Å². The van der Waals surface area contributed by atoms with Crippen molar-refractivity contribution in [1.29, 1.82) is 0 Å². The van der Waals surface area contributed by atoms with Crippen LogP contribution in [0.25, 0.3) is 59.8 Å². The van der Waals surface area contributed by atoms with Crippen LogP contribution in [0.3, 0.4) is 0 Å². The molecule has 0 bridgehead atoms. The van der Waals surface area contributed by atoms with E-state index >= 15 is 0 Å². The number of fused-ring (bicyclic) bond motifs is 7. The van der Waals surface area contributed by atoms with E-state index in [1.807, 2.05) is 0 Å². The van der Waals surface area contributed by atoms with Gasteiger partial charge >= 0.3 is 0 Å². The van der Waals surface area contributed by atoms with E-state index in [1.54, 1.807) is 0 Å². The summed E-state index contributed by atoms with van der Waals surface area (Å²) >= 11 is 0. The lowest BCUT2D eigenvalue weighted by Crippen LogP contribution is -2.29. The van der Waals surface area contributed by atoms with Crippen molar-refractivity contribution in [2.75, 3.05) is 0 Å². The molecule has 2 nitrogen and oxygen atoms in total. The number of para-hydroxylation sites is 1. The number of hydrogen-bond acceptors (Lipinski definition) is 0. The van der Waals surface area contributed by atoms with Crippen molar-refractivity contribution in [3.63, 3.8) is 0 Å². The summed E-state index contributed by atoms with van der Waals surface area (Å²) in [5, 5.41) is 9.63. The smallest absolute Gasteiger partial charge is 0.224 e. The minimum atomic E-state index is 0.0201. The molecule has 4 aromatic carbocycles. The Morgan fingerprint density at radius 1 is 0.744 bits per heavy atom. The van der Waals surface area contributed by atoms with Crippen molar-refractivity contribution in [3.8, 4) is 0 Å². The summed E-state index contributed by atoms with van der Waals surface area (Å²) in [6.45, 7) is 18.8. The minimum Gasteiger partial charge on any atom is -0.307 e. The Bertz CT molecular complexity index is 2120. The van der Waals surface area contributed by atoms with E-state index in [0.717, 1.165) is 6.42 Å².